The summed E-state index contributed by atoms with van der Waals surface area (Å²) >= 11 is 0. The minimum Gasteiger partial charge on any atom is -0.511 e. The van der Waals surface area contributed by atoms with Gasteiger partial charge in [-0.25, -0.2) is 4.79 Å². The van der Waals surface area contributed by atoms with E-state index in [9.17, 15) is 23.1 Å². The first-order chi connectivity index (χ1) is 8.32. The molecule has 0 spiro atoms. The Morgan fingerprint density at radius 3 is 2.61 bits per heavy atom. The fourth-order valence-electron chi connectivity index (χ4n) is 2.63. The zero-order valence-electron chi connectivity index (χ0n) is 9.31. The first-order valence-electron chi connectivity index (χ1n) is 5.58. The Morgan fingerprint density at radius 2 is 2.06 bits per heavy atom. The molecule has 0 saturated heterocycles. The fraction of sp³-hybridized carbons (Fsp3) is 0.636. The van der Waals surface area contributed by atoms with Gasteiger partial charge in [0, 0.05) is 12.1 Å². The molecule has 2 aliphatic rings. The lowest BCUT2D eigenvalue weighted by atomic mass is 9.74. The second kappa shape index (κ2) is 4.29. The summed E-state index contributed by atoms with van der Waals surface area (Å²) in [5.41, 5.74) is -0.404. The van der Waals surface area contributed by atoms with Crippen LogP contribution in [0.5, 0.6) is 0 Å². The van der Waals surface area contributed by atoms with E-state index in [1.54, 1.807) is 0 Å². The summed E-state index contributed by atoms with van der Waals surface area (Å²) < 4.78 is 38.4. The van der Waals surface area contributed by atoms with Gasteiger partial charge in [-0.1, -0.05) is 6.42 Å². The zero-order valence-corrected chi connectivity index (χ0v) is 9.31. The van der Waals surface area contributed by atoms with Gasteiger partial charge in [0.05, 0.1) is 12.0 Å². The van der Waals surface area contributed by atoms with Crippen molar-refractivity contribution in [3.8, 4) is 0 Å². The van der Waals surface area contributed by atoms with E-state index < -0.39 is 41.4 Å². The van der Waals surface area contributed by atoms with Gasteiger partial charge in [-0.05, 0) is 12.8 Å². The first kappa shape index (κ1) is 12.9. The van der Waals surface area contributed by atoms with E-state index in [1.807, 2.05) is 0 Å². The molecule has 100 valence electrons. The van der Waals surface area contributed by atoms with Crippen molar-refractivity contribution in [3.05, 3.63) is 11.3 Å². The van der Waals surface area contributed by atoms with Crippen molar-refractivity contribution in [1.29, 1.82) is 0 Å². The molecule has 0 aromatic rings. The number of hydrogen-bond acceptors (Lipinski definition) is 3. The predicted octanol–water partition coefficient (Wildman–Crippen LogP) is 2.31. The largest absolute Gasteiger partial charge is 0.511 e. The van der Waals surface area contributed by atoms with Crippen LogP contribution in [0, 0.1) is 11.8 Å². The number of halogens is 3. The van der Waals surface area contributed by atoms with Crippen molar-refractivity contribution in [2.45, 2.75) is 31.5 Å². The molecule has 7 heteroatoms. The molecule has 0 amide bonds. The van der Waals surface area contributed by atoms with Gasteiger partial charge < -0.3 is 10.2 Å². The smallest absolute Gasteiger partial charge is 0.393 e. The van der Waals surface area contributed by atoms with Crippen LogP contribution < -0.4 is 0 Å². The van der Waals surface area contributed by atoms with E-state index in [1.165, 1.54) is 0 Å². The molecule has 3 atom stereocenters. The summed E-state index contributed by atoms with van der Waals surface area (Å²) in [6, 6.07) is -1.10. The molecule has 3 unspecified atom stereocenters. The Hall–Kier alpha value is -1.53. The van der Waals surface area contributed by atoms with Gasteiger partial charge in [0.2, 0.25) is 0 Å². The number of fused-ring (bicyclic) bond motifs is 1. The lowest BCUT2D eigenvalue weighted by Gasteiger charge is -2.38. The van der Waals surface area contributed by atoms with E-state index in [2.05, 4.69) is 4.99 Å². The second-order valence-corrected chi connectivity index (χ2v) is 4.56. The van der Waals surface area contributed by atoms with Crippen molar-refractivity contribution >= 4 is 12.2 Å². The molecule has 0 bridgehead atoms. The third kappa shape index (κ3) is 2.09. The monoisotopic (exact) mass is 263 g/mol. The molecule has 0 aromatic heterocycles. The third-order valence-corrected chi connectivity index (χ3v) is 3.51. The molecular weight excluding hydrogens is 251 g/mol. The fourth-order valence-corrected chi connectivity index (χ4v) is 2.63. The van der Waals surface area contributed by atoms with Gasteiger partial charge in [-0.2, -0.15) is 13.2 Å². The van der Waals surface area contributed by atoms with Crippen molar-refractivity contribution in [3.63, 3.8) is 0 Å². The normalized spacial score (nSPS) is 32.3. The number of aliphatic hydroxyl groups is 1. The van der Waals surface area contributed by atoms with Crippen LogP contribution in [0.15, 0.2) is 16.3 Å². The Balaban J connectivity index is 2.32. The first-order valence-corrected chi connectivity index (χ1v) is 5.58. The summed E-state index contributed by atoms with van der Waals surface area (Å²) in [5, 5.41) is 18.6. The number of aliphatic hydroxyl groups excluding tert-OH is 1. The summed E-state index contributed by atoms with van der Waals surface area (Å²) in [6.07, 6.45) is -2.93. The van der Waals surface area contributed by atoms with Crippen LogP contribution in [0.3, 0.4) is 0 Å². The molecule has 4 nitrogen and oxygen atoms in total. The maximum atomic E-state index is 12.8. The number of aliphatic carboxylic acids is 1. The van der Waals surface area contributed by atoms with E-state index in [-0.39, 0.29) is 6.42 Å². The van der Waals surface area contributed by atoms with Crippen LogP contribution in [0.25, 0.3) is 0 Å². The molecule has 2 rings (SSSR count). The average Bonchev–Trinajstić information content (AvgIpc) is 2.27. The summed E-state index contributed by atoms with van der Waals surface area (Å²) in [7, 11) is 0. The standard InChI is InChI=1S/C11H12F3NO3/c12-11(13,14)7-3-1-2-5-8(7)15-4-6(9(5)16)10(17)18/h4-5,7-8,16H,1-3H2,(H,17,18). The lowest BCUT2D eigenvalue weighted by Crippen LogP contribution is -2.43. The van der Waals surface area contributed by atoms with E-state index in [0.29, 0.717) is 12.8 Å². The minimum absolute atomic E-state index is 0.0301. The number of aliphatic imine (C=N–C) groups is 1. The van der Waals surface area contributed by atoms with Crippen molar-refractivity contribution < 1.29 is 28.2 Å². The number of carbonyl (C=O) groups is 1. The Morgan fingerprint density at radius 1 is 1.39 bits per heavy atom. The lowest BCUT2D eigenvalue weighted by molar-refractivity contribution is -0.190. The third-order valence-electron chi connectivity index (χ3n) is 3.51. The van der Waals surface area contributed by atoms with E-state index in [4.69, 9.17) is 5.11 Å². The quantitative estimate of drug-likeness (QED) is 0.762. The van der Waals surface area contributed by atoms with Gasteiger partial charge >= 0.3 is 12.1 Å². The molecule has 18 heavy (non-hydrogen) atoms. The highest BCUT2D eigenvalue weighted by atomic mass is 19.4. The highest BCUT2D eigenvalue weighted by Gasteiger charge is 2.51. The highest BCUT2D eigenvalue weighted by molar-refractivity contribution is 6.09. The maximum absolute atomic E-state index is 12.8. The average molecular weight is 263 g/mol. The summed E-state index contributed by atoms with van der Waals surface area (Å²) in [5.74, 6) is -4.29. The number of rotatable bonds is 1. The topological polar surface area (TPSA) is 69.9 Å². The molecule has 0 radical (unpaired) electrons. The van der Waals surface area contributed by atoms with Crippen molar-refractivity contribution in [2.75, 3.05) is 0 Å². The number of nitrogens with zero attached hydrogens (tertiary/aromatic N) is 1. The predicted molar refractivity (Wildman–Crippen MR) is 56.5 cm³/mol. The van der Waals surface area contributed by atoms with Crippen LogP contribution in [-0.4, -0.2) is 34.6 Å². The van der Waals surface area contributed by atoms with Crippen molar-refractivity contribution in [2.24, 2.45) is 16.8 Å². The van der Waals surface area contributed by atoms with E-state index >= 15 is 0 Å². The van der Waals surface area contributed by atoms with Crippen molar-refractivity contribution in [1.82, 2.24) is 0 Å². The molecule has 0 aromatic carbocycles. The molecule has 1 heterocycles. The molecule has 1 fully saturated rings. The minimum atomic E-state index is -4.37. The molecule has 1 saturated carbocycles. The molecule has 2 N–H and O–H groups in total. The Kier molecular flexibility index (Phi) is 3.08. The molecular formula is C11H12F3NO3. The van der Waals surface area contributed by atoms with Gasteiger partial charge in [0.15, 0.2) is 0 Å². The van der Waals surface area contributed by atoms with Crippen LogP contribution >= 0.6 is 0 Å². The number of alkyl halides is 3. The zero-order chi connectivity index (χ0) is 13.5. The van der Waals surface area contributed by atoms with Gasteiger partial charge in [-0.15, -0.1) is 0 Å². The van der Waals surface area contributed by atoms with Gasteiger partial charge in [0.25, 0.3) is 0 Å². The maximum Gasteiger partial charge on any atom is 0.393 e. The number of dihydropyridines is 1. The number of carboxylic acids is 1. The summed E-state index contributed by atoms with van der Waals surface area (Å²) in [4.78, 5) is 14.5. The van der Waals surface area contributed by atoms with Crippen LogP contribution in [0.2, 0.25) is 0 Å². The summed E-state index contributed by atoms with van der Waals surface area (Å²) in [6.45, 7) is 0. The Bertz CT molecular complexity index is 428. The van der Waals surface area contributed by atoms with Crippen LogP contribution in [0.4, 0.5) is 13.2 Å². The van der Waals surface area contributed by atoms with Crippen LogP contribution in [-0.2, 0) is 4.79 Å². The number of carboxylic acid groups (broad SMARTS) is 1. The Labute approximate surface area is 101 Å². The van der Waals surface area contributed by atoms with Gasteiger partial charge in [0.1, 0.15) is 11.3 Å². The van der Waals surface area contributed by atoms with Gasteiger partial charge in [-0.3, -0.25) is 4.99 Å². The SMILES string of the molecule is O=C(O)C1=C(O)C2CCCC(C(F)(F)F)C2N=C1. The molecule has 1 aliphatic heterocycles. The van der Waals surface area contributed by atoms with Crippen LogP contribution in [0.1, 0.15) is 19.3 Å². The molecule has 1 aliphatic carbocycles. The number of hydrogen-bond donors (Lipinski definition) is 2. The second-order valence-electron chi connectivity index (χ2n) is 4.56. The van der Waals surface area contributed by atoms with E-state index in [0.717, 1.165) is 6.21 Å². The highest BCUT2D eigenvalue weighted by Crippen LogP contribution is 2.45.